The number of nitrogens with zero attached hydrogens (tertiary/aromatic N) is 11. The van der Waals surface area contributed by atoms with E-state index in [-0.39, 0.29) is 49.6 Å². The molecule has 9 N–H and O–H groups in total. The van der Waals surface area contributed by atoms with Gasteiger partial charge in [-0.05, 0) is 106 Å². The van der Waals surface area contributed by atoms with Gasteiger partial charge in [-0.15, -0.1) is 5.10 Å². The van der Waals surface area contributed by atoms with Gasteiger partial charge in [-0.1, -0.05) is 33.4 Å². The molecule has 23 nitrogen and oxygen atoms in total. The van der Waals surface area contributed by atoms with E-state index in [9.17, 15) is 24.0 Å². The Morgan fingerprint density at radius 3 is 1.75 bits per heavy atom. The van der Waals surface area contributed by atoms with E-state index in [1.54, 1.807) is 77.1 Å². The van der Waals surface area contributed by atoms with Gasteiger partial charge in [-0.25, -0.2) is 29.9 Å². The van der Waals surface area contributed by atoms with Crippen molar-refractivity contribution in [2.24, 2.45) is 11.5 Å². The molecule has 0 spiro atoms. The molecule has 0 aliphatic heterocycles. The minimum Gasteiger partial charge on any atom is -0.480 e. The van der Waals surface area contributed by atoms with Crippen LogP contribution in [0.15, 0.2) is 119 Å². The van der Waals surface area contributed by atoms with Crippen molar-refractivity contribution in [3.05, 3.63) is 137 Å². The van der Waals surface area contributed by atoms with E-state index in [1.807, 2.05) is 58.0 Å². The third-order valence-corrected chi connectivity index (χ3v) is 10.7. The van der Waals surface area contributed by atoms with Crippen molar-refractivity contribution in [1.29, 1.82) is 0 Å². The third-order valence-electron chi connectivity index (χ3n) is 9.85. The lowest BCUT2D eigenvalue weighted by molar-refractivity contribution is -0.137. The van der Waals surface area contributed by atoms with Gasteiger partial charge in [0.1, 0.15) is 40.8 Å². The first-order valence-electron chi connectivity index (χ1n) is 21.9. The number of rotatable bonds is 18. The summed E-state index contributed by atoms with van der Waals surface area (Å²) in [6, 6.07) is 21.6. The first-order valence-corrected chi connectivity index (χ1v) is 23.5. The highest BCUT2D eigenvalue weighted by Gasteiger charge is 2.23. The lowest BCUT2D eigenvalue weighted by atomic mass is 10.1. The number of amides is 3. The molecule has 8 rings (SSSR count). The molecule has 0 aliphatic rings. The lowest BCUT2D eigenvalue weighted by Crippen LogP contribution is -2.46. The number of halogens is 2. The second kappa shape index (κ2) is 26.2. The standard InChI is InChI=1S/C22H22BrN9O2.C14H12N6O3.C11H15BrN2O.CH4/c1-13(2)31(11-20(33)29-19-5-3-4-18(23)28-19)32-17-7-6-14(27-15-9-25-12-26-10-15)8-16(17)21(30-32)22(24)34;15-14(23)13-10-3-8(18-9-4-16-7-17-5-9)1-2-11(10)20(19-13)6-12(21)22;1-8(2)13-7-10(15)6-9-4-3-5-11(12)14-9;/h3-10,12-13,27H,11H2,1-2H3,(H2,24,34)(H,28,29,33);1-5,7,18H,6H2,(H2,15,23)(H,21,22);3-5,8,13H,6-7H2,1-2H3;1H4. The molecule has 6 heterocycles. The van der Waals surface area contributed by atoms with Gasteiger partial charge in [0.15, 0.2) is 17.2 Å². The minimum absolute atomic E-state index is 0. The van der Waals surface area contributed by atoms with Crippen LogP contribution in [-0.4, -0.2) is 109 Å². The van der Waals surface area contributed by atoms with Crippen LogP contribution in [0.2, 0.25) is 0 Å². The summed E-state index contributed by atoms with van der Waals surface area (Å²) in [6.45, 7) is 7.91. The van der Waals surface area contributed by atoms with Crippen molar-refractivity contribution in [3.63, 3.8) is 0 Å². The summed E-state index contributed by atoms with van der Waals surface area (Å²) >= 11 is 6.57. The largest absolute Gasteiger partial charge is 0.480 e. The van der Waals surface area contributed by atoms with Crippen molar-refractivity contribution in [2.45, 2.75) is 60.2 Å². The van der Waals surface area contributed by atoms with Gasteiger partial charge in [0.05, 0.1) is 60.2 Å². The molecule has 0 atom stereocenters. The number of hydrogen-bond donors (Lipinski definition) is 7. The number of Topliss-reactive ketones (excluding diaryl/α,β-unsaturated/α-hetero) is 1. The molecule has 2 aromatic carbocycles. The Bertz CT molecular complexity index is 3190. The van der Waals surface area contributed by atoms with Crippen molar-refractivity contribution in [1.82, 2.24) is 54.9 Å². The molecule has 3 amide bonds. The number of aliphatic carboxylic acids is 1. The number of primary amides is 2. The molecule has 25 heteroatoms. The molecule has 8 aromatic rings. The number of carboxylic acid groups (broad SMARTS) is 1. The smallest absolute Gasteiger partial charge is 0.325 e. The van der Waals surface area contributed by atoms with E-state index in [1.165, 1.54) is 17.3 Å². The number of carboxylic acids is 1. The average molecular weight is 1120 g/mol. The van der Waals surface area contributed by atoms with E-state index in [4.69, 9.17) is 16.6 Å². The van der Waals surface area contributed by atoms with E-state index in [0.29, 0.717) is 74.0 Å². The van der Waals surface area contributed by atoms with Gasteiger partial charge in [-0.3, -0.25) is 33.7 Å². The Hall–Kier alpha value is -8.29. The fourth-order valence-electron chi connectivity index (χ4n) is 6.71. The molecule has 73 heavy (non-hydrogen) atoms. The summed E-state index contributed by atoms with van der Waals surface area (Å²) in [7, 11) is 0. The number of hydrogen-bond acceptors (Lipinski definition) is 17. The fourth-order valence-corrected chi connectivity index (χ4v) is 7.44. The number of aromatic nitrogens is 10. The van der Waals surface area contributed by atoms with Gasteiger partial charge in [0.2, 0.25) is 5.91 Å². The maximum Gasteiger partial charge on any atom is 0.325 e. The molecule has 0 aliphatic carbocycles. The van der Waals surface area contributed by atoms with E-state index in [2.05, 4.69) is 93.2 Å². The van der Waals surface area contributed by atoms with Crippen LogP contribution in [0.3, 0.4) is 0 Å². The van der Waals surface area contributed by atoms with Gasteiger partial charge in [0, 0.05) is 39.9 Å². The van der Waals surface area contributed by atoms with Crippen LogP contribution in [0.1, 0.15) is 61.8 Å². The highest BCUT2D eigenvalue weighted by Crippen LogP contribution is 2.27. The average Bonchev–Trinajstić information content (AvgIpc) is 3.89. The van der Waals surface area contributed by atoms with Crippen molar-refractivity contribution in [2.75, 3.05) is 34.0 Å². The number of pyridine rings is 2. The maximum absolute atomic E-state index is 12.8. The Balaban J connectivity index is 0.000000219. The number of anilines is 5. The number of benzene rings is 2. The molecule has 6 aromatic heterocycles. The van der Waals surface area contributed by atoms with Crippen LogP contribution in [0, 0.1) is 0 Å². The van der Waals surface area contributed by atoms with Crippen molar-refractivity contribution >= 4 is 112 Å². The van der Waals surface area contributed by atoms with Crippen LogP contribution in [0.5, 0.6) is 0 Å². The fraction of sp³-hybridized carbons (Fsp3) is 0.229. The van der Waals surface area contributed by atoms with Gasteiger partial charge < -0.3 is 37.8 Å². The molecular weight excluding hydrogens is 1070 g/mol. The van der Waals surface area contributed by atoms with Crippen molar-refractivity contribution < 1.29 is 29.1 Å². The van der Waals surface area contributed by atoms with Crippen molar-refractivity contribution in [3.8, 4) is 0 Å². The predicted octanol–water partition coefficient (Wildman–Crippen LogP) is 6.15. The van der Waals surface area contributed by atoms with Crippen LogP contribution >= 0.6 is 31.9 Å². The van der Waals surface area contributed by atoms with E-state index in [0.717, 1.165) is 10.3 Å². The van der Waals surface area contributed by atoms with Gasteiger partial charge >= 0.3 is 5.97 Å². The molecule has 380 valence electrons. The summed E-state index contributed by atoms with van der Waals surface area (Å²) in [6.07, 6.45) is 9.70. The summed E-state index contributed by atoms with van der Waals surface area (Å²) < 4.78 is 2.61. The highest BCUT2D eigenvalue weighted by molar-refractivity contribution is 9.10. The molecule has 0 saturated heterocycles. The quantitative estimate of drug-likeness (QED) is 0.0473. The number of ketones is 1. The summed E-state index contributed by atoms with van der Waals surface area (Å²) in [5, 5.41) is 32.2. The first-order chi connectivity index (χ1) is 34.4. The molecule has 0 fully saturated rings. The topological polar surface area (TPSA) is 322 Å². The second-order valence-corrected chi connectivity index (χ2v) is 17.7. The zero-order chi connectivity index (χ0) is 51.9. The van der Waals surface area contributed by atoms with Crippen LogP contribution < -0.4 is 37.7 Å². The number of carbonyl (C=O) groups is 5. The number of nitrogens with one attached hydrogen (secondary N) is 4. The SMILES string of the molecule is C.CC(C)N(CC(=O)Nc1cccc(Br)n1)n1nc(C(N)=O)c2cc(Nc3cncnc3)ccc21.CC(C)NCC(=O)Cc1cccc(Br)n1.NC(=O)c1nn(CC(=O)O)c2ccc(Nc3cncnc3)cc12. The highest BCUT2D eigenvalue weighted by atomic mass is 79.9. The van der Waals surface area contributed by atoms with E-state index < -0.39 is 17.8 Å². The molecule has 0 bridgehead atoms. The normalized spacial score (nSPS) is 10.6. The molecule has 0 saturated carbocycles. The summed E-state index contributed by atoms with van der Waals surface area (Å²) in [5.41, 5.74) is 15.8. The predicted molar refractivity (Wildman–Crippen MR) is 284 cm³/mol. The number of nitrogens with two attached hydrogens (primary N) is 2. The zero-order valence-electron chi connectivity index (χ0n) is 39.2. The van der Waals surface area contributed by atoms with Crippen LogP contribution in [0.4, 0.5) is 28.6 Å². The number of fused-ring (bicyclic) bond motifs is 2. The summed E-state index contributed by atoms with van der Waals surface area (Å²) in [5.74, 6) is -2.16. The Morgan fingerprint density at radius 2 is 1.23 bits per heavy atom. The zero-order valence-corrected chi connectivity index (χ0v) is 42.4. The third kappa shape index (κ3) is 16.1. The second-order valence-electron chi connectivity index (χ2n) is 16.1. The molecule has 0 unspecified atom stereocenters. The summed E-state index contributed by atoms with van der Waals surface area (Å²) in [4.78, 5) is 84.6. The molecular formula is C48H53Br2N17O6. The lowest BCUT2D eigenvalue weighted by Gasteiger charge is -2.28. The van der Waals surface area contributed by atoms with Crippen LogP contribution in [0.25, 0.3) is 21.8 Å². The molecule has 0 radical (unpaired) electrons. The van der Waals surface area contributed by atoms with E-state index >= 15 is 0 Å². The maximum atomic E-state index is 12.8. The monoisotopic (exact) mass is 1120 g/mol. The Kier molecular flexibility index (Phi) is 20.0. The van der Waals surface area contributed by atoms with Gasteiger partial charge in [-0.2, -0.15) is 9.89 Å². The number of carbonyl (C=O) groups excluding carboxylic acids is 4. The Labute approximate surface area is 435 Å². The Morgan fingerprint density at radius 1 is 0.699 bits per heavy atom. The van der Waals surface area contributed by atoms with Gasteiger partial charge in [0.25, 0.3) is 11.8 Å². The van der Waals surface area contributed by atoms with Crippen LogP contribution in [-0.2, 0) is 27.3 Å². The minimum atomic E-state index is -1.06. The first kappa shape index (κ1) is 55.6.